The van der Waals surface area contributed by atoms with Gasteiger partial charge in [-0.25, -0.2) is 9.97 Å². The number of benzene rings is 1. The Hall–Kier alpha value is -1.99. The van der Waals surface area contributed by atoms with Gasteiger partial charge in [0.25, 0.3) is 5.69 Å². The summed E-state index contributed by atoms with van der Waals surface area (Å²) in [7, 11) is 0. The Labute approximate surface area is 126 Å². The van der Waals surface area contributed by atoms with Gasteiger partial charge in [0.1, 0.15) is 5.82 Å². The van der Waals surface area contributed by atoms with E-state index in [0.29, 0.717) is 22.1 Å². The van der Waals surface area contributed by atoms with Crippen LogP contribution in [0.5, 0.6) is 0 Å². The SMILES string of the molecule is O=[N+]([O-])c1ccc(Cl)c(-c2nc3ncc(Br)cc3[nH]2)c1. The van der Waals surface area contributed by atoms with Crippen molar-refractivity contribution in [3.8, 4) is 11.4 Å². The molecular formula is C12H6BrClN4O2. The highest BCUT2D eigenvalue weighted by molar-refractivity contribution is 9.10. The molecule has 0 aliphatic heterocycles. The Balaban J connectivity index is 2.19. The first-order valence-electron chi connectivity index (χ1n) is 5.50. The number of aromatic nitrogens is 3. The fourth-order valence-corrected chi connectivity index (χ4v) is 2.35. The number of hydrogen-bond donors (Lipinski definition) is 1. The number of nitrogens with zero attached hydrogens (tertiary/aromatic N) is 3. The average Bonchev–Trinajstić information content (AvgIpc) is 2.81. The molecular weight excluding hydrogens is 348 g/mol. The molecule has 0 radical (unpaired) electrons. The quantitative estimate of drug-likeness (QED) is 0.558. The van der Waals surface area contributed by atoms with Gasteiger partial charge in [0.05, 0.1) is 15.5 Å². The molecule has 0 unspecified atom stereocenters. The summed E-state index contributed by atoms with van der Waals surface area (Å²) in [5.74, 6) is 0.444. The largest absolute Gasteiger partial charge is 0.336 e. The van der Waals surface area contributed by atoms with Crippen LogP contribution in [0.4, 0.5) is 5.69 Å². The number of nitrogens with one attached hydrogen (secondary N) is 1. The summed E-state index contributed by atoms with van der Waals surface area (Å²) in [5.41, 5.74) is 1.66. The van der Waals surface area contributed by atoms with E-state index in [0.717, 1.165) is 9.99 Å². The number of fused-ring (bicyclic) bond motifs is 1. The van der Waals surface area contributed by atoms with Crippen LogP contribution in [-0.4, -0.2) is 19.9 Å². The third-order valence-electron chi connectivity index (χ3n) is 2.72. The minimum absolute atomic E-state index is 0.0426. The summed E-state index contributed by atoms with van der Waals surface area (Å²) in [6, 6.07) is 6.04. The summed E-state index contributed by atoms with van der Waals surface area (Å²) < 4.78 is 0.810. The van der Waals surface area contributed by atoms with Gasteiger partial charge in [0.15, 0.2) is 5.65 Å². The first-order chi connectivity index (χ1) is 9.54. The van der Waals surface area contributed by atoms with Crippen LogP contribution in [0.3, 0.4) is 0 Å². The Bertz CT molecular complexity index is 833. The van der Waals surface area contributed by atoms with Crippen molar-refractivity contribution >= 4 is 44.4 Å². The second kappa shape index (κ2) is 4.84. The molecule has 0 amide bonds. The molecule has 0 spiro atoms. The molecule has 3 aromatic rings. The summed E-state index contributed by atoms with van der Waals surface area (Å²) in [6.07, 6.45) is 1.63. The maximum Gasteiger partial charge on any atom is 0.270 e. The van der Waals surface area contributed by atoms with Gasteiger partial charge in [-0.2, -0.15) is 0 Å². The van der Waals surface area contributed by atoms with Crippen LogP contribution in [0, 0.1) is 10.1 Å². The molecule has 3 rings (SSSR count). The lowest BCUT2D eigenvalue weighted by molar-refractivity contribution is -0.384. The van der Waals surface area contributed by atoms with Gasteiger partial charge in [-0.3, -0.25) is 10.1 Å². The maximum atomic E-state index is 10.8. The van der Waals surface area contributed by atoms with Crippen molar-refractivity contribution in [3.63, 3.8) is 0 Å². The molecule has 2 aromatic heterocycles. The third-order valence-corrected chi connectivity index (χ3v) is 3.48. The number of H-pyrrole nitrogens is 1. The molecule has 8 heteroatoms. The average molecular weight is 354 g/mol. The molecule has 6 nitrogen and oxygen atoms in total. The molecule has 20 heavy (non-hydrogen) atoms. The second-order valence-electron chi connectivity index (χ2n) is 4.03. The number of pyridine rings is 1. The topological polar surface area (TPSA) is 84.7 Å². The van der Waals surface area contributed by atoms with Crippen LogP contribution in [-0.2, 0) is 0 Å². The van der Waals surface area contributed by atoms with Gasteiger partial charge < -0.3 is 4.98 Å². The first kappa shape index (κ1) is 13.0. The number of rotatable bonds is 2. The van der Waals surface area contributed by atoms with E-state index >= 15 is 0 Å². The van der Waals surface area contributed by atoms with Crippen molar-refractivity contribution in [1.29, 1.82) is 0 Å². The van der Waals surface area contributed by atoms with Gasteiger partial charge in [0.2, 0.25) is 0 Å². The van der Waals surface area contributed by atoms with E-state index < -0.39 is 4.92 Å². The zero-order valence-corrected chi connectivity index (χ0v) is 12.1. The van der Waals surface area contributed by atoms with Gasteiger partial charge in [-0.15, -0.1) is 0 Å². The predicted octanol–water partition coefficient (Wildman–Crippen LogP) is 3.95. The predicted molar refractivity (Wildman–Crippen MR) is 78.7 cm³/mol. The van der Waals surface area contributed by atoms with Gasteiger partial charge in [-0.1, -0.05) is 11.6 Å². The molecule has 0 fully saturated rings. The van der Waals surface area contributed by atoms with Crippen LogP contribution in [0.1, 0.15) is 0 Å². The number of non-ortho nitro benzene ring substituents is 1. The first-order valence-corrected chi connectivity index (χ1v) is 6.67. The van der Waals surface area contributed by atoms with E-state index in [9.17, 15) is 10.1 Å². The minimum Gasteiger partial charge on any atom is -0.336 e. The Morgan fingerprint density at radius 3 is 2.90 bits per heavy atom. The van der Waals surface area contributed by atoms with E-state index in [4.69, 9.17) is 11.6 Å². The van der Waals surface area contributed by atoms with E-state index in [1.54, 1.807) is 6.20 Å². The normalized spacial score (nSPS) is 10.9. The molecule has 2 heterocycles. The highest BCUT2D eigenvalue weighted by Gasteiger charge is 2.14. The smallest absolute Gasteiger partial charge is 0.270 e. The van der Waals surface area contributed by atoms with Crippen molar-refractivity contribution in [1.82, 2.24) is 15.0 Å². The van der Waals surface area contributed by atoms with E-state index in [1.165, 1.54) is 18.2 Å². The zero-order chi connectivity index (χ0) is 14.3. The maximum absolute atomic E-state index is 10.8. The highest BCUT2D eigenvalue weighted by atomic mass is 79.9. The molecule has 0 aliphatic rings. The highest BCUT2D eigenvalue weighted by Crippen LogP contribution is 2.30. The molecule has 1 aromatic carbocycles. The fourth-order valence-electron chi connectivity index (χ4n) is 1.81. The Kier molecular flexibility index (Phi) is 3.15. The van der Waals surface area contributed by atoms with Gasteiger partial charge in [-0.05, 0) is 28.1 Å². The van der Waals surface area contributed by atoms with Crippen molar-refractivity contribution in [2.45, 2.75) is 0 Å². The Morgan fingerprint density at radius 1 is 1.35 bits per heavy atom. The van der Waals surface area contributed by atoms with Crippen LogP contribution in [0.15, 0.2) is 34.9 Å². The number of nitro groups is 1. The van der Waals surface area contributed by atoms with E-state index in [2.05, 4.69) is 30.9 Å². The van der Waals surface area contributed by atoms with Gasteiger partial charge >= 0.3 is 0 Å². The molecule has 0 bridgehead atoms. The number of nitro benzene ring substituents is 1. The summed E-state index contributed by atoms with van der Waals surface area (Å²) in [4.78, 5) is 21.8. The van der Waals surface area contributed by atoms with Crippen molar-refractivity contribution < 1.29 is 4.92 Å². The lowest BCUT2D eigenvalue weighted by atomic mass is 10.2. The Morgan fingerprint density at radius 2 is 2.15 bits per heavy atom. The summed E-state index contributed by atoms with van der Waals surface area (Å²) in [5, 5.41) is 11.2. The van der Waals surface area contributed by atoms with Gasteiger partial charge in [0, 0.05) is 28.4 Å². The number of aromatic amines is 1. The lowest BCUT2D eigenvalue weighted by Crippen LogP contribution is -1.90. The summed E-state index contributed by atoms with van der Waals surface area (Å²) >= 11 is 9.40. The number of imidazole rings is 1. The fraction of sp³-hybridized carbons (Fsp3) is 0. The van der Waals surface area contributed by atoms with Crippen LogP contribution < -0.4 is 0 Å². The summed E-state index contributed by atoms with van der Waals surface area (Å²) in [6.45, 7) is 0. The molecule has 0 atom stereocenters. The molecule has 1 N–H and O–H groups in total. The lowest BCUT2D eigenvalue weighted by Gasteiger charge is -2.00. The van der Waals surface area contributed by atoms with Crippen LogP contribution in [0.25, 0.3) is 22.6 Å². The van der Waals surface area contributed by atoms with E-state index in [-0.39, 0.29) is 5.69 Å². The van der Waals surface area contributed by atoms with Crippen LogP contribution >= 0.6 is 27.5 Å². The minimum atomic E-state index is -0.475. The van der Waals surface area contributed by atoms with Crippen molar-refractivity contribution in [3.05, 3.63) is 50.1 Å². The van der Waals surface area contributed by atoms with Crippen molar-refractivity contribution in [2.24, 2.45) is 0 Å². The van der Waals surface area contributed by atoms with E-state index in [1.807, 2.05) is 6.07 Å². The van der Waals surface area contributed by atoms with Crippen LogP contribution in [0.2, 0.25) is 5.02 Å². The number of halogens is 2. The number of hydrogen-bond acceptors (Lipinski definition) is 4. The molecule has 0 saturated heterocycles. The second-order valence-corrected chi connectivity index (χ2v) is 5.35. The molecule has 100 valence electrons. The standard InChI is InChI=1S/C12H6BrClN4O2/c13-6-3-10-12(15-5-6)17-11(16-10)8-4-7(18(19)20)1-2-9(8)14/h1-5H,(H,15,16,17). The molecule has 0 aliphatic carbocycles. The zero-order valence-electron chi connectivity index (χ0n) is 9.80. The van der Waals surface area contributed by atoms with Crippen molar-refractivity contribution in [2.75, 3.05) is 0 Å². The monoisotopic (exact) mass is 352 g/mol. The third kappa shape index (κ3) is 2.25. The molecule has 0 saturated carbocycles.